The zero-order valence-electron chi connectivity index (χ0n) is 12.4. The van der Waals surface area contributed by atoms with Crippen molar-refractivity contribution < 1.29 is 4.74 Å². The third kappa shape index (κ3) is 2.33. The van der Waals surface area contributed by atoms with Gasteiger partial charge in [0.25, 0.3) is 0 Å². The van der Waals surface area contributed by atoms with Crippen LogP contribution in [0.2, 0.25) is 0 Å². The van der Waals surface area contributed by atoms with E-state index in [2.05, 4.69) is 36.3 Å². The first-order valence-electron chi connectivity index (χ1n) is 7.31. The number of anilines is 1. The van der Waals surface area contributed by atoms with Gasteiger partial charge in [-0.3, -0.25) is 0 Å². The molecule has 3 rings (SSSR count). The fourth-order valence-electron chi connectivity index (χ4n) is 2.80. The fraction of sp³-hybridized carbons (Fsp3) is 0.471. The maximum atomic E-state index is 5.28. The van der Waals surface area contributed by atoms with Gasteiger partial charge in [-0.2, -0.15) is 0 Å². The van der Waals surface area contributed by atoms with E-state index in [1.807, 2.05) is 18.3 Å². The molecule has 1 fully saturated rings. The highest BCUT2D eigenvalue weighted by Crippen LogP contribution is 2.51. The molecule has 3 nitrogen and oxygen atoms in total. The van der Waals surface area contributed by atoms with Gasteiger partial charge in [-0.05, 0) is 53.8 Å². The molecular formula is C17H22N2O. The first-order valence-corrected chi connectivity index (χ1v) is 7.31. The third-order valence-corrected chi connectivity index (χ3v) is 4.70. The molecule has 20 heavy (non-hydrogen) atoms. The summed E-state index contributed by atoms with van der Waals surface area (Å²) < 4.78 is 5.28. The Morgan fingerprint density at radius 3 is 2.75 bits per heavy atom. The number of hydrogen-bond acceptors (Lipinski definition) is 3. The first kappa shape index (κ1) is 13.2. The topological polar surface area (TPSA) is 34.1 Å². The maximum absolute atomic E-state index is 5.28. The van der Waals surface area contributed by atoms with Crippen molar-refractivity contribution in [2.24, 2.45) is 11.3 Å². The maximum Gasteiger partial charge on any atom is 0.133 e. The predicted molar refractivity (Wildman–Crippen MR) is 83.3 cm³/mol. The van der Waals surface area contributed by atoms with E-state index >= 15 is 0 Å². The number of nitrogens with zero attached hydrogens (tertiary/aromatic N) is 1. The summed E-state index contributed by atoms with van der Waals surface area (Å²) in [5.74, 6) is 2.60. The van der Waals surface area contributed by atoms with Crippen LogP contribution in [0.5, 0.6) is 5.75 Å². The number of hydrogen-bond donors (Lipinski definition) is 1. The second-order valence-corrected chi connectivity index (χ2v) is 6.12. The van der Waals surface area contributed by atoms with E-state index in [0.717, 1.165) is 34.8 Å². The van der Waals surface area contributed by atoms with Crippen molar-refractivity contribution in [3.8, 4) is 5.75 Å². The van der Waals surface area contributed by atoms with Crippen LogP contribution in [0.4, 0.5) is 5.82 Å². The Morgan fingerprint density at radius 1 is 1.30 bits per heavy atom. The first-order chi connectivity index (χ1) is 9.64. The lowest BCUT2D eigenvalue weighted by molar-refractivity contribution is 0.380. The minimum Gasteiger partial charge on any atom is -0.497 e. The molecule has 1 aromatic carbocycles. The van der Waals surface area contributed by atoms with Gasteiger partial charge in [0, 0.05) is 18.1 Å². The summed E-state index contributed by atoms with van der Waals surface area (Å²) in [7, 11) is 1.70. The molecule has 3 heteroatoms. The van der Waals surface area contributed by atoms with Crippen LogP contribution in [0.25, 0.3) is 10.8 Å². The average molecular weight is 270 g/mol. The zero-order chi connectivity index (χ0) is 14.2. The number of fused-ring (bicyclic) bond motifs is 1. The molecule has 0 aliphatic heterocycles. The summed E-state index contributed by atoms with van der Waals surface area (Å²) in [4.78, 5) is 4.50. The largest absolute Gasteiger partial charge is 0.497 e. The summed E-state index contributed by atoms with van der Waals surface area (Å²) in [5.41, 5.74) is 0.482. The normalized spacial score (nSPS) is 16.4. The van der Waals surface area contributed by atoms with Crippen molar-refractivity contribution in [2.75, 3.05) is 19.0 Å². The highest BCUT2D eigenvalue weighted by atomic mass is 16.5. The lowest BCUT2D eigenvalue weighted by Crippen LogP contribution is -2.21. The van der Waals surface area contributed by atoms with E-state index in [1.165, 1.54) is 12.8 Å². The number of aromatic nitrogens is 1. The van der Waals surface area contributed by atoms with Crippen LogP contribution in [-0.4, -0.2) is 18.6 Å². The Hall–Kier alpha value is -1.77. The van der Waals surface area contributed by atoms with E-state index in [0.29, 0.717) is 5.41 Å². The lowest BCUT2D eigenvalue weighted by atomic mass is 9.92. The number of pyridine rings is 1. The van der Waals surface area contributed by atoms with Crippen molar-refractivity contribution in [3.05, 3.63) is 30.5 Å². The molecule has 1 aliphatic rings. The Morgan fingerprint density at radius 2 is 2.10 bits per heavy atom. The summed E-state index contributed by atoms with van der Waals surface area (Å²) in [5, 5.41) is 5.88. The van der Waals surface area contributed by atoms with Crippen LogP contribution in [0.3, 0.4) is 0 Å². The highest BCUT2D eigenvalue weighted by Gasteiger charge is 2.44. The molecule has 1 heterocycles. The van der Waals surface area contributed by atoms with Gasteiger partial charge < -0.3 is 10.1 Å². The molecule has 1 saturated carbocycles. The SMILES string of the molecule is COc1ccc2c(NCC3(C(C)C)CC3)nccc2c1. The molecule has 0 atom stereocenters. The van der Waals surface area contributed by atoms with Crippen molar-refractivity contribution in [1.82, 2.24) is 4.98 Å². The molecule has 0 amide bonds. The van der Waals surface area contributed by atoms with Crippen LogP contribution in [0.1, 0.15) is 26.7 Å². The molecule has 0 radical (unpaired) electrons. The molecule has 0 spiro atoms. The molecule has 1 N–H and O–H groups in total. The van der Waals surface area contributed by atoms with E-state index < -0.39 is 0 Å². The Kier molecular flexibility index (Phi) is 3.28. The van der Waals surface area contributed by atoms with Crippen LogP contribution < -0.4 is 10.1 Å². The number of rotatable bonds is 5. The summed E-state index contributed by atoms with van der Waals surface area (Å²) >= 11 is 0. The van der Waals surface area contributed by atoms with Gasteiger partial charge in [0.05, 0.1) is 7.11 Å². The Balaban J connectivity index is 1.85. The van der Waals surface area contributed by atoms with Crippen LogP contribution in [0.15, 0.2) is 30.5 Å². The van der Waals surface area contributed by atoms with Gasteiger partial charge in [-0.15, -0.1) is 0 Å². The minimum atomic E-state index is 0.482. The molecule has 1 aliphatic carbocycles. The minimum absolute atomic E-state index is 0.482. The third-order valence-electron chi connectivity index (χ3n) is 4.70. The summed E-state index contributed by atoms with van der Waals surface area (Å²) in [6, 6.07) is 8.15. The van der Waals surface area contributed by atoms with Crippen molar-refractivity contribution in [2.45, 2.75) is 26.7 Å². The molecule has 106 valence electrons. The van der Waals surface area contributed by atoms with Gasteiger partial charge in [-0.1, -0.05) is 13.8 Å². The monoisotopic (exact) mass is 270 g/mol. The fourth-order valence-corrected chi connectivity index (χ4v) is 2.80. The number of ether oxygens (including phenoxy) is 1. The molecule has 0 bridgehead atoms. The second-order valence-electron chi connectivity index (χ2n) is 6.12. The van der Waals surface area contributed by atoms with Gasteiger partial charge >= 0.3 is 0 Å². The average Bonchev–Trinajstić information content (AvgIpc) is 3.25. The molecule has 1 aromatic heterocycles. The number of benzene rings is 1. The lowest BCUT2D eigenvalue weighted by Gasteiger charge is -2.21. The van der Waals surface area contributed by atoms with Crippen LogP contribution in [-0.2, 0) is 0 Å². The summed E-state index contributed by atoms with van der Waals surface area (Å²) in [6.07, 6.45) is 4.52. The highest BCUT2D eigenvalue weighted by molar-refractivity contribution is 5.92. The number of nitrogens with one attached hydrogen (secondary N) is 1. The van der Waals surface area contributed by atoms with E-state index in [9.17, 15) is 0 Å². The molecular weight excluding hydrogens is 248 g/mol. The van der Waals surface area contributed by atoms with Gasteiger partial charge in [0.1, 0.15) is 11.6 Å². The van der Waals surface area contributed by atoms with Crippen LogP contribution in [0, 0.1) is 11.3 Å². The van der Waals surface area contributed by atoms with Gasteiger partial charge in [0.15, 0.2) is 0 Å². The van der Waals surface area contributed by atoms with Gasteiger partial charge in [0.2, 0.25) is 0 Å². The molecule has 0 unspecified atom stereocenters. The van der Waals surface area contributed by atoms with E-state index in [4.69, 9.17) is 4.74 Å². The Labute approximate surface area is 120 Å². The van der Waals surface area contributed by atoms with Crippen molar-refractivity contribution in [3.63, 3.8) is 0 Å². The zero-order valence-corrected chi connectivity index (χ0v) is 12.4. The van der Waals surface area contributed by atoms with Crippen molar-refractivity contribution in [1.29, 1.82) is 0 Å². The van der Waals surface area contributed by atoms with Crippen molar-refractivity contribution >= 4 is 16.6 Å². The Bertz CT molecular complexity index is 617. The van der Waals surface area contributed by atoms with E-state index in [-0.39, 0.29) is 0 Å². The number of methoxy groups -OCH3 is 1. The second kappa shape index (κ2) is 4.97. The summed E-state index contributed by atoms with van der Waals surface area (Å²) in [6.45, 7) is 5.65. The van der Waals surface area contributed by atoms with Gasteiger partial charge in [-0.25, -0.2) is 4.98 Å². The quantitative estimate of drug-likeness (QED) is 0.888. The standard InChI is InChI=1S/C17H22N2O/c1-12(2)17(7-8-17)11-19-16-15-5-4-14(20-3)10-13(15)6-9-18-16/h4-6,9-10,12H,7-8,11H2,1-3H3,(H,18,19). The molecule has 0 saturated heterocycles. The van der Waals surface area contributed by atoms with Crippen LogP contribution >= 0.6 is 0 Å². The van der Waals surface area contributed by atoms with E-state index in [1.54, 1.807) is 7.11 Å². The predicted octanol–water partition coefficient (Wildman–Crippen LogP) is 4.09. The molecule has 2 aromatic rings. The smallest absolute Gasteiger partial charge is 0.133 e.